The monoisotopic (exact) mass is 395 g/mol. The highest BCUT2D eigenvalue weighted by molar-refractivity contribution is 7.10. The number of carbonyl (C=O) groups is 2. The summed E-state index contributed by atoms with van der Waals surface area (Å²) in [4.78, 5) is 24.0. The molecule has 146 valence electrons. The third-order valence-electron chi connectivity index (χ3n) is 3.57. The number of amides is 1. The fourth-order valence-corrected chi connectivity index (χ4v) is 2.91. The normalized spacial score (nSPS) is 10.2. The lowest BCUT2D eigenvalue weighted by atomic mass is 10.1. The third-order valence-corrected chi connectivity index (χ3v) is 4.22. The maximum absolute atomic E-state index is 12.2. The molecular weight excluding hydrogens is 374 g/mol. The molecule has 27 heavy (non-hydrogen) atoms. The smallest absolute Gasteiger partial charge is 0.362 e. The van der Waals surface area contributed by atoms with Crippen molar-refractivity contribution in [3.8, 4) is 17.2 Å². The Morgan fingerprint density at radius 2 is 1.78 bits per heavy atom. The summed E-state index contributed by atoms with van der Waals surface area (Å²) < 4.78 is 24.5. The number of nitrogens with zero attached hydrogens (tertiary/aromatic N) is 2. The SMILES string of the molecule is CCOC(=O)c1nnsc1NC(=O)CCc1cc(OC)c(OC)c(OC)c1. The topological polar surface area (TPSA) is 109 Å². The van der Waals surface area contributed by atoms with E-state index in [2.05, 4.69) is 14.9 Å². The molecule has 1 amide bonds. The van der Waals surface area contributed by atoms with E-state index in [9.17, 15) is 9.59 Å². The number of aromatic nitrogens is 2. The van der Waals surface area contributed by atoms with E-state index in [1.54, 1.807) is 19.1 Å². The number of hydrogen-bond donors (Lipinski definition) is 1. The minimum Gasteiger partial charge on any atom is -0.493 e. The summed E-state index contributed by atoms with van der Waals surface area (Å²) in [5.74, 6) is 0.626. The number of rotatable bonds is 9. The summed E-state index contributed by atoms with van der Waals surface area (Å²) in [6.45, 7) is 1.90. The quantitative estimate of drug-likeness (QED) is 0.644. The first-order valence-corrected chi connectivity index (χ1v) is 8.89. The second-order valence-corrected chi connectivity index (χ2v) is 6.01. The molecule has 1 aromatic heterocycles. The maximum Gasteiger partial charge on any atom is 0.362 e. The summed E-state index contributed by atoms with van der Waals surface area (Å²) in [5, 5.41) is 6.62. The van der Waals surface area contributed by atoms with Crippen LogP contribution in [-0.4, -0.2) is 49.4 Å². The molecule has 0 unspecified atom stereocenters. The van der Waals surface area contributed by atoms with E-state index in [-0.39, 0.29) is 29.6 Å². The number of carbonyl (C=O) groups excluding carboxylic acids is 2. The molecule has 1 N–H and O–H groups in total. The van der Waals surface area contributed by atoms with Gasteiger partial charge in [-0.1, -0.05) is 4.49 Å². The van der Waals surface area contributed by atoms with Gasteiger partial charge in [0.2, 0.25) is 17.4 Å². The number of nitrogens with one attached hydrogen (secondary N) is 1. The van der Waals surface area contributed by atoms with Gasteiger partial charge in [-0.15, -0.1) is 5.10 Å². The van der Waals surface area contributed by atoms with Crippen LogP contribution in [0.4, 0.5) is 5.00 Å². The predicted octanol–water partition coefficient (Wildman–Crippen LogP) is 2.31. The summed E-state index contributed by atoms with van der Waals surface area (Å²) in [6, 6.07) is 3.57. The molecule has 0 aliphatic rings. The molecule has 9 nitrogen and oxygen atoms in total. The van der Waals surface area contributed by atoms with E-state index in [1.807, 2.05) is 0 Å². The van der Waals surface area contributed by atoms with Crippen molar-refractivity contribution in [2.75, 3.05) is 33.3 Å². The molecule has 2 rings (SSSR count). The van der Waals surface area contributed by atoms with Gasteiger partial charge in [0.1, 0.15) is 0 Å². The Balaban J connectivity index is 2.04. The van der Waals surface area contributed by atoms with E-state index >= 15 is 0 Å². The first-order chi connectivity index (χ1) is 13.0. The van der Waals surface area contributed by atoms with E-state index in [4.69, 9.17) is 18.9 Å². The summed E-state index contributed by atoms with van der Waals surface area (Å²) in [7, 11) is 4.58. The Bertz CT molecular complexity index is 783. The van der Waals surface area contributed by atoms with Crippen LogP contribution in [0.5, 0.6) is 17.2 Å². The van der Waals surface area contributed by atoms with Crippen LogP contribution in [0.3, 0.4) is 0 Å². The zero-order valence-electron chi connectivity index (χ0n) is 15.5. The lowest BCUT2D eigenvalue weighted by molar-refractivity contribution is -0.116. The zero-order chi connectivity index (χ0) is 19.8. The highest BCUT2D eigenvalue weighted by atomic mass is 32.1. The van der Waals surface area contributed by atoms with Crippen molar-refractivity contribution in [1.29, 1.82) is 0 Å². The van der Waals surface area contributed by atoms with Gasteiger partial charge in [-0.2, -0.15) is 0 Å². The van der Waals surface area contributed by atoms with Crippen LogP contribution in [-0.2, 0) is 16.0 Å². The van der Waals surface area contributed by atoms with Crippen LogP contribution in [0.1, 0.15) is 29.4 Å². The Hall–Kier alpha value is -2.88. The molecule has 1 aromatic carbocycles. The zero-order valence-corrected chi connectivity index (χ0v) is 16.3. The van der Waals surface area contributed by atoms with E-state index in [0.717, 1.165) is 17.1 Å². The van der Waals surface area contributed by atoms with Gasteiger partial charge in [0.25, 0.3) is 0 Å². The Labute approximate surface area is 160 Å². The molecule has 0 bridgehead atoms. The van der Waals surface area contributed by atoms with Crippen molar-refractivity contribution in [2.24, 2.45) is 0 Å². The minimum absolute atomic E-state index is 0.00276. The second-order valence-electron chi connectivity index (χ2n) is 5.25. The molecule has 1 heterocycles. The number of esters is 1. The van der Waals surface area contributed by atoms with Crippen LogP contribution < -0.4 is 19.5 Å². The van der Waals surface area contributed by atoms with Crippen molar-refractivity contribution in [2.45, 2.75) is 19.8 Å². The van der Waals surface area contributed by atoms with Gasteiger partial charge >= 0.3 is 5.97 Å². The number of methoxy groups -OCH3 is 3. The molecule has 10 heteroatoms. The Morgan fingerprint density at radius 3 is 2.33 bits per heavy atom. The average Bonchev–Trinajstić information content (AvgIpc) is 3.13. The van der Waals surface area contributed by atoms with Crippen molar-refractivity contribution in [1.82, 2.24) is 9.59 Å². The standard InChI is InChI=1S/C17H21N3O6S/c1-5-26-17(22)14-16(27-20-19-14)18-13(21)7-6-10-8-11(23-2)15(25-4)12(9-10)24-3/h8-9H,5-7H2,1-4H3,(H,18,21). The fourth-order valence-electron chi connectivity index (χ4n) is 2.33. The highest BCUT2D eigenvalue weighted by Crippen LogP contribution is 2.38. The molecule has 0 saturated carbocycles. The van der Waals surface area contributed by atoms with Gasteiger partial charge in [-0.25, -0.2) is 4.79 Å². The Morgan fingerprint density at radius 1 is 1.11 bits per heavy atom. The first kappa shape index (κ1) is 20.4. The molecule has 0 spiro atoms. The van der Waals surface area contributed by atoms with Crippen LogP contribution in [0.25, 0.3) is 0 Å². The Kier molecular flexibility index (Phi) is 7.35. The van der Waals surface area contributed by atoms with Gasteiger partial charge in [-0.3, -0.25) is 4.79 Å². The number of hydrogen-bond acceptors (Lipinski definition) is 9. The van der Waals surface area contributed by atoms with E-state index in [0.29, 0.717) is 23.7 Å². The first-order valence-electron chi connectivity index (χ1n) is 8.12. The number of aryl methyl sites for hydroxylation is 1. The van der Waals surface area contributed by atoms with Crippen LogP contribution in [0.2, 0.25) is 0 Å². The predicted molar refractivity (Wildman–Crippen MR) is 98.9 cm³/mol. The van der Waals surface area contributed by atoms with Gasteiger partial charge in [0, 0.05) is 18.0 Å². The number of benzene rings is 1. The lowest BCUT2D eigenvalue weighted by Crippen LogP contribution is -2.15. The third kappa shape index (κ3) is 5.07. The van der Waals surface area contributed by atoms with Gasteiger partial charge in [0.15, 0.2) is 16.5 Å². The van der Waals surface area contributed by atoms with Gasteiger partial charge in [0.05, 0.1) is 27.9 Å². The molecule has 0 atom stereocenters. The van der Waals surface area contributed by atoms with Crippen molar-refractivity contribution in [3.63, 3.8) is 0 Å². The van der Waals surface area contributed by atoms with Crippen molar-refractivity contribution in [3.05, 3.63) is 23.4 Å². The second kappa shape index (κ2) is 9.72. The highest BCUT2D eigenvalue weighted by Gasteiger charge is 2.20. The fraction of sp³-hybridized carbons (Fsp3) is 0.412. The lowest BCUT2D eigenvalue weighted by Gasteiger charge is -2.14. The molecule has 0 saturated heterocycles. The van der Waals surface area contributed by atoms with Gasteiger partial charge < -0.3 is 24.3 Å². The van der Waals surface area contributed by atoms with Crippen LogP contribution in [0.15, 0.2) is 12.1 Å². The molecular formula is C17H21N3O6S. The molecule has 0 aliphatic carbocycles. The van der Waals surface area contributed by atoms with Crippen LogP contribution in [0, 0.1) is 0 Å². The van der Waals surface area contributed by atoms with Gasteiger partial charge in [-0.05, 0) is 31.0 Å². The van der Waals surface area contributed by atoms with Crippen molar-refractivity contribution < 1.29 is 28.5 Å². The molecule has 0 aliphatic heterocycles. The van der Waals surface area contributed by atoms with E-state index < -0.39 is 5.97 Å². The molecule has 0 fully saturated rings. The molecule has 0 radical (unpaired) electrons. The summed E-state index contributed by atoms with van der Waals surface area (Å²) in [6.07, 6.45) is 0.613. The summed E-state index contributed by atoms with van der Waals surface area (Å²) in [5.41, 5.74) is 0.843. The minimum atomic E-state index is -0.619. The van der Waals surface area contributed by atoms with Crippen LogP contribution >= 0.6 is 11.5 Å². The van der Waals surface area contributed by atoms with Crippen molar-refractivity contribution >= 4 is 28.4 Å². The van der Waals surface area contributed by atoms with E-state index in [1.165, 1.54) is 21.3 Å². The largest absolute Gasteiger partial charge is 0.493 e. The maximum atomic E-state index is 12.2. The average molecular weight is 395 g/mol. The number of anilines is 1. The number of ether oxygens (including phenoxy) is 4. The molecule has 2 aromatic rings. The summed E-state index contributed by atoms with van der Waals surface area (Å²) >= 11 is 0.920.